The van der Waals surface area contributed by atoms with Crippen LogP contribution in [-0.4, -0.2) is 30.6 Å². The molecule has 1 aromatic carbocycles. The number of piperidine rings is 1. The number of rotatable bonds is 3. The highest BCUT2D eigenvalue weighted by molar-refractivity contribution is 9.10. The molecule has 110 valence electrons. The van der Waals surface area contributed by atoms with E-state index in [0.29, 0.717) is 0 Å². The molecule has 3 rings (SSSR count). The zero-order valence-electron chi connectivity index (χ0n) is 11.7. The third-order valence-corrected chi connectivity index (χ3v) is 5.55. The minimum absolute atomic E-state index is 0.786. The van der Waals surface area contributed by atoms with Gasteiger partial charge in [0.15, 0.2) is 0 Å². The number of benzene rings is 1. The van der Waals surface area contributed by atoms with Gasteiger partial charge in [-0.1, -0.05) is 33.6 Å². The van der Waals surface area contributed by atoms with E-state index in [2.05, 4.69) is 38.3 Å². The first-order chi connectivity index (χ1) is 9.72. The van der Waals surface area contributed by atoms with E-state index in [4.69, 9.17) is 11.6 Å². The van der Waals surface area contributed by atoms with Gasteiger partial charge < -0.3 is 5.32 Å². The van der Waals surface area contributed by atoms with Crippen LogP contribution in [0.15, 0.2) is 22.7 Å². The zero-order chi connectivity index (χ0) is 13.9. The molecular weight excluding hydrogens is 336 g/mol. The second-order valence-electron chi connectivity index (χ2n) is 6.05. The number of hydrogen-bond donors (Lipinski definition) is 1. The van der Waals surface area contributed by atoms with Crippen molar-refractivity contribution in [3.05, 3.63) is 33.3 Å². The first-order valence-corrected chi connectivity index (χ1v) is 8.79. The van der Waals surface area contributed by atoms with Gasteiger partial charge in [0.05, 0.1) is 0 Å². The first-order valence-electron chi connectivity index (χ1n) is 7.62. The molecule has 2 saturated heterocycles. The molecule has 2 nitrogen and oxygen atoms in total. The Morgan fingerprint density at radius 3 is 2.70 bits per heavy atom. The maximum atomic E-state index is 6.31. The van der Waals surface area contributed by atoms with Gasteiger partial charge in [-0.25, -0.2) is 0 Å². The lowest BCUT2D eigenvalue weighted by atomic mass is 9.88. The van der Waals surface area contributed by atoms with Gasteiger partial charge in [-0.15, -0.1) is 0 Å². The topological polar surface area (TPSA) is 15.3 Å². The van der Waals surface area contributed by atoms with Gasteiger partial charge >= 0.3 is 0 Å². The fourth-order valence-corrected chi connectivity index (χ4v) is 4.25. The number of likely N-dealkylation sites (tertiary alicyclic amines) is 1. The number of nitrogens with one attached hydrogen (secondary N) is 1. The van der Waals surface area contributed by atoms with Crippen molar-refractivity contribution in [2.24, 2.45) is 5.92 Å². The molecule has 0 saturated carbocycles. The summed E-state index contributed by atoms with van der Waals surface area (Å²) >= 11 is 9.78. The van der Waals surface area contributed by atoms with Gasteiger partial charge in [0, 0.05) is 22.1 Å². The summed E-state index contributed by atoms with van der Waals surface area (Å²) in [4.78, 5) is 2.54. The largest absolute Gasteiger partial charge is 0.314 e. The minimum Gasteiger partial charge on any atom is -0.314 e. The van der Waals surface area contributed by atoms with E-state index in [0.717, 1.165) is 28.0 Å². The molecular formula is C16H22BrClN2. The normalized spacial score (nSPS) is 25.2. The fourth-order valence-electron chi connectivity index (χ4n) is 3.52. The molecule has 2 aliphatic rings. The van der Waals surface area contributed by atoms with Gasteiger partial charge in [0.1, 0.15) is 0 Å². The molecule has 1 atom stereocenters. The molecule has 2 heterocycles. The summed E-state index contributed by atoms with van der Waals surface area (Å²) in [7, 11) is 0. The molecule has 0 bridgehead atoms. The Morgan fingerprint density at radius 1 is 1.25 bits per heavy atom. The van der Waals surface area contributed by atoms with Gasteiger partial charge in [0.25, 0.3) is 0 Å². The molecule has 2 aliphatic heterocycles. The number of halogens is 2. The third kappa shape index (κ3) is 3.56. The fraction of sp³-hybridized carbons (Fsp3) is 0.625. The second kappa shape index (κ2) is 6.78. The maximum Gasteiger partial charge on any atom is 0.0462 e. The van der Waals surface area contributed by atoms with Crippen LogP contribution in [0.1, 0.15) is 31.2 Å². The molecule has 1 unspecified atom stereocenters. The third-order valence-electron chi connectivity index (χ3n) is 4.71. The molecule has 0 radical (unpaired) electrons. The molecule has 0 spiro atoms. The Hall–Kier alpha value is -0.0900. The van der Waals surface area contributed by atoms with Crippen LogP contribution in [0.25, 0.3) is 0 Å². The van der Waals surface area contributed by atoms with E-state index in [-0.39, 0.29) is 0 Å². The van der Waals surface area contributed by atoms with Crippen LogP contribution in [-0.2, 0) is 6.54 Å². The lowest BCUT2D eigenvalue weighted by Crippen LogP contribution is -2.40. The quantitative estimate of drug-likeness (QED) is 0.877. The lowest BCUT2D eigenvalue weighted by molar-refractivity contribution is 0.157. The molecule has 1 N–H and O–H groups in total. The molecule has 2 fully saturated rings. The second-order valence-corrected chi connectivity index (χ2v) is 7.38. The van der Waals surface area contributed by atoms with Crippen LogP contribution in [0.5, 0.6) is 0 Å². The van der Waals surface area contributed by atoms with Crippen molar-refractivity contribution < 1.29 is 0 Å². The van der Waals surface area contributed by atoms with Crippen LogP contribution >= 0.6 is 27.5 Å². The highest BCUT2D eigenvalue weighted by Crippen LogP contribution is 2.28. The van der Waals surface area contributed by atoms with Crippen LogP contribution in [0.4, 0.5) is 0 Å². The summed E-state index contributed by atoms with van der Waals surface area (Å²) < 4.78 is 1.05. The standard InChI is InChI=1S/C16H22BrClN2/c17-14-4-3-13(15(18)10-14)11-20-8-5-12(6-9-20)16-2-1-7-19-16/h3-4,10,12,16,19H,1-2,5-9,11H2. The first kappa shape index (κ1) is 14.8. The number of nitrogens with zero attached hydrogens (tertiary/aromatic N) is 1. The Kier molecular flexibility index (Phi) is 5.03. The average Bonchev–Trinajstić information content (AvgIpc) is 2.97. The maximum absolute atomic E-state index is 6.31. The summed E-state index contributed by atoms with van der Waals surface area (Å²) in [6.07, 6.45) is 5.39. The van der Waals surface area contributed by atoms with Crippen LogP contribution in [0.3, 0.4) is 0 Å². The van der Waals surface area contributed by atoms with Crippen molar-refractivity contribution in [2.75, 3.05) is 19.6 Å². The van der Waals surface area contributed by atoms with Crippen LogP contribution < -0.4 is 5.32 Å². The van der Waals surface area contributed by atoms with Crippen LogP contribution in [0, 0.1) is 5.92 Å². The Balaban J connectivity index is 1.53. The Morgan fingerprint density at radius 2 is 2.05 bits per heavy atom. The predicted molar refractivity (Wildman–Crippen MR) is 88.2 cm³/mol. The monoisotopic (exact) mass is 356 g/mol. The minimum atomic E-state index is 0.786. The van der Waals surface area contributed by atoms with Crippen molar-refractivity contribution in [1.82, 2.24) is 10.2 Å². The van der Waals surface area contributed by atoms with Gasteiger partial charge in [-0.3, -0.25) is 4.90 Å². The summed E-state index contributed by atoms with van der Waals surface area (Å²) in [6.45, 7) is 4.61. The molecule has 1 aromatic rings. The summed E-state index contributed by atoms with van der Waals surface area (Å²) in [6, 6.07) is 6.99. The Bertz CT molecular complexity index is 452. The molecule has 0 amide bonds. The SMILES string of the molecule is Clc1cc(Br)ccc1CN1CCC(C2CCCN2)CC1. The van der Waals surface area contributed by atoms with Crippen molar-refractivity contribution in [2.45, 2.75) is 38.3 Å². The van der Waals surface area contributed by atoms with E-state index >= 15 is 0 Å². The molecule has 4 heteroatoms. The van der Waals surface area contributed by atoms with Crippen molar-refractivity contribution in [1.29, 1.82) is 0 Å². The van der Waals surface area contributed by atoms with Gasteiger partial charge in [0.2, 0.25) is 0 Å². The summed E-state index contributed by atoms with van der Waals surface area (Å²) in [5.41, 5.74) is 1.24. The van der Waals surface area contributed by atoms with E-state index in [1.165, 1.54) is 50.9 Å². The average molecular weight is 358 g/mol. The van der Waals surface area contributed by atoms with E-state index in [1.54, 1.807) is 0 Å². The smallest absolute Gasteiger partial charge is 0.0462 e. The zero-order valence-corrected chi connectivity index (χ0v) is 14.1. The summed E-state index contributed by atoms with van der Waals surface area (Å²) in [5, 5.41) is 4.54. The van der Waals surface area contributed by atoms with Crippen molar-refractivity contribution in [3.8, 4) is 0 Å². The summed E-state index contributed by atoms with van der Waals surface area (Å²) in [5.74, 6) is 0.883. The number of hydrogen-bond acceptors (Lipinski definition) is 2. The van der Waals surface area contributed by atoms with Gasteiger partial charge in [-0.2, -0.15) is 0 Å². The Labute approximate surface area is 135 Å². The van der Waals surface area contributed by atoms with Crippen molar-refractivity contribution >= 4 is 27.5 Å². The molecule has 0 aliphatic carbocycles. The van der Waals surface area contributed by atoms with Crippen LogP contribution in [0.2, 0.25) is 5.02 Å². The molecule has 0 aromatic heterocycles. The van der Waals surface area contributed by atoms with Gasteiger partial charge in [-0.05, 0) is 68.9 Å². The molecule has 20 heavy (non-hydrogen) atoms. The van der Waals surface area contributed by atoms with E-state index in [1.807, 2.05) is 6.07 Å². The highest BCUT2D eigenvalue weighted by atomic mass is 79.9. The lowest BCUT2D eigenvalue weighted by Gasteiger charge is -2.35. The van der Waals surface area contributed by atoms with E-state index in [9.17, 15) is 0 Å². The predicted octanol–water partition coefficient (Wildman–Crippen LogP) is 4.07. The van der Waals surface area contributed by atoms with E-state index < -0.39 is 0 Å². The highest BCUT2D eigenvalue weighted by Gasteiger charge is 2.28. The van der Waals surface area contributed by atoms with Crippen molar-refractivity contribution in [3.63, 3.8) is 0 Å².